The van der Waals surface area contributed by atoms with Crippen molar-refractivity contribution in [2.75, 3.05) is 37.6 Å². The smallest absolute Gasteiger partial charge is 0.251 e. The number of amides is 1. The summed E-state index contributed by atoms with van der Waals surface area (Å²) in [5, 5.41) is 2.77. The van der Waals surface area contributed by atoms with Crippen molar-refractivity contribution in [2.45, 2.75) is 26.8 Å². The van der Waals surface area contributed by atoms with Gasteiger partial charge in [0.25, 0.3) is 5.91 Å². The standard InChI is InChI=1S/C16H24FN3O/c1-4-19-7-9-20(10-8-19)15-6-5-13(11-14(15)17)16(21)18-12(2)3/h5-6,11-12H,4,7-10H2,1-3H3,(H,18,21). The Bertz CT molecular complexity index is 496. The highest BCUT2D eigenvalue weighted by molar-refractivity contribution is 5.94. The van der Waals surface area contributed by atoms with Crippen LogP contribution in [0.2, 0.25) is 0 Å². The summed E-state index contributed by atoms with van der Waals surface area (Å²) in [5.41, 5.74) is 0.962. The molecule has 0 spiro atoms. The fraction of sp³-hybridized carbons (Fsp3) is 0.562. The lowest BCUT2D eigenvalue weighted by atomic mass is 10.1. The van der Waals surface area contributed by atoms with Gasteiger partial charge in [-0.2, -0.15) is 0 Å². The largest absolute Gasteiger partial charge is 0.367 e. The number of piperazine rings is 1. The number of hydrogen-bond donors (Lipinski definition) is 1. The van der Waals surface area contributed by atoms with E-state index < -0.39 is 0 Å². The molecular weight excluding hydrogens is 269 g/mol. The molecule has 1 fully saturated rings. The van der Waals surface area contributed by atoms with Crippen molar-refractivity contribution < 1.29 is 9.18 Å². The van der Waals surface area contributed by atoms with Crippen molar-refractivity contribution in [3.8, 4) is 0 Å². The second kappa shape index (κ2) is 6.89. The van der Waals surface area contributed by atoms with Gasteiger partial charge in [0.1, 0.15) is 5.82 Å². The van der Waals surface area contributed by atoms with Crippen LogP contribution in [0, 0.1) is 5.82 Å². The fourth-order valence-corrected chi connectivity index (χ4v) is 2.56. The Hall–Kier alpha value is -1.62. The van der Waals surface area contributed by atoms with E-state index in [1.165, 1.54) is 6.07 Å². The lowest BCUT2D eigenvalue weighted by molar-refractivity contribution is 0.0942. The third-order valence-corrected chi connectivity index (χ3v) is 3.79. The zero-order valence-corrected chi connectivity index (χ0v) is 13.0. The van der Waals surface area contributed by atoms with Gasteiger partial charge in [-0.25, -0.2) is 4.39 Å². The number of nitrogens with one attached hydrogen (secondary N) is 1. The molecule has 0 atom stereocenters. The minimum absolute atomic E-state index is 0.0439. The minimum atomic E-state index is -0.323. The molecule has 1 aromatic rings. The summed E-state index contributed by atoms with van der Waals surface area (Å²) in [6.45, 7) is 10.5. The topological polar surface area (TPSA) is 35.6 Å². The van der Waals surface area contributed by atoms with E-state index in [4.69, 9.17) is 0 Å². The molecular formula is C16H24FN3O. The van der Waals surface area contributed by atoms with Crippen LogP contribution < -0.4 is 10.2 Å². The summed E-state index contributed by atoms with van der Waals surface area (Å²) >= 11 is 0. The Morgan fingerprint density at radius 2 is 1.95 bits per heavy atom. The van der Waals surface area contributed by atoms with Crippen LogP contribution >= 0.6 is 0 Å². The average Bonchev–Trinajstić information content (AvgIpc) is 2.46. The molecule has 116 valence electrons. The zero-order valence-electron chi connectivity index (χ0n) is 13.0. The molecule has 4 nitrogen and oxygen atoms in total. The molecule has 1 aliphatic rings. The number of rotatable bonds is 4. The Morgan fingerprint density at radius 1 is 1.29 bits per heavy atom. The van der Waals surface area contributed by atoms with Crippen LogP contribution in [0.3, 0.4) is 0 Å². The predicted molar refractivity (Wildman–Crippen MR) is 83.3 cm³/mol. The van der Waals surface area contributed by atoms with Gasteiger partial charge in [-0.3, -0.25) is 4.79 Å². The summed E-state index contributed by atoms with van der Waals surface area (Å²) in [6, 6.07) is 4.79. The van der Waals surface area contributed by atoms with E-state index in [2.05, 4.69) is 17.1 Å². The van der Waals surface area contributed by atoms with Crippen LogP contribution in [0.5, 0.6) is 0 Å². The minimum Gasteiger partial charge on any atom is -0.367 e. The Morgan fingerprint density at radius 3 is 2.48 bits per heavy atom. The van der Waals surface area contributed by atoms with Gasteiger partial charge in [-0.05, 0) is 38.6 Å². The molecule has 1 aliphatic heterocycles. The molecule has 2 rings (SSSR count). The molecule has 21 heavy (non-hydrogen) atoms. The Labute approximate surface area is 125 Å². The molecule has 0 bridgehead atoms. The van der Waals surface area contributed by atoms with E-state index in [1.807, 2.05) is 18.7 Å². The maximum absolute atomic E-state index is 14.3. The van der Waals surface area contributed by atoms with E-state index in [0.717, 1.165) is 32.7 Å². The lowest BCUT2D eigenvalue weighted by Gasteiger charge is -2.35. The summed E-state index contributed by atoms with van der Waals surface area (Å²) in [6.07, 6.45) is 0. The highest BCUT2D eigenvalue weighted by Crippen LogP contribution is 2.22. The molecule has 1 N–H and O–H groups in total. The molecule has 0 saturated carbocycles. The van der Waals surface area contributed by atoms with Crippen LogP contribution in [0.1, 0.15) is 31.1 Å². The highest BCUT2D eigenvalue weighted by atomic mass is 19.1. The first-order valence-corrected chi connectivity index (χ1v) is 7.59. The van der Waals surface area contributed by atoms with Crippen molar-refractivity contribution >= 4 is 11.6 Å². The summed E-state index contributed by atoms with van der Waals surface area (Å²) in [7, 11) is 0. The van der Waals surface area contributed by atoms with Crippen LogP contribution in [-0.4, -0.2) is 49.6 Å². The normalized spacial score (nSPS) is 16.3. The molecule has 0 radical (unpaired) electrons. The molecule has 0 aliphatic carbocycles. The van der Waals surface area contributed by atoms with Gasteiger partial charge in [-0.1, -0.05) is 6.92 Å². The second-order valence-corrected chi connectivity index (χ2v) is 5.72. The van der Waals surface area contributed by atoms with Gasteiger partial charge in [0.2, 0.25) is 0 Å². The first kappa shape index (κ1) is 15.8. The quantitative estimate of drug-likeness (QED) is 0.923. The number of anilines is 1. The molecule has 1 amide bonds. The number of benzene rings is 1. The fourth-order valence-electron chi connectivity index (χ4n) is 2.56. The van der Waals surface area contributed by atoms with Crippen molar-refractivity contribution in [1.82, 2.24) is 10.2 Å². The lowest BCUT2D eigenvalue weighted by Crippen LogP contribution is -2.46. The van der Waals surface area contributed by atoms with Crippen LogP contribution in [0.15, 0.2) is 18.2 Å². The Kier molecular flexibility index (Phi) is 5.17. The second-order valence-electron chi connectivity index (χ2n) is 5.72. The van der Waals surface area contributed by atoms with Gasteiger partial charge in [-0.15, -0.1) is 0 Å². The van der Waals surface area contributed by atoms with Gasteiger partial charge in [0.15, 0.2) is 0 Å². The number of carbonyl (C=O) groups is 1. The number of nitrogens with zero attached hydrogens (tertiary/aromatic N) is 2. The van der Waals surface area contributed by atoms with Crippen LogP contribution in [0.4, 0.5) is 10.1 Å². The van der Waals surface area contributed by atoms with Crippen molar-refractivity contribution in [3.05, 3.63) is 29.6 Å². The van der Waals surface area contributed by atoms with Crippen molar-refractivity contribution in [3.63, 3.8) is 0 Å². The van der Waals surface area contributed by atoms with Gasteiger partial charge in [0, 0.05) is 37.8 Å². The predicted octanol–water partition coefficient (Wildman–Crippen LogP) is 2.11. The van der Waals surface area contributed by atoms with Crippen molar-refractivity contribution in [1.29, 1.82) is 0 Å². The maximum atomic E-state index is 14.3. The first-order valence-electron chi connectivity index (χ1n) is 7.59. The zero-order chi connectivity index (χ0) is 15.4. The number of halogens is 1. The SMILES string of the molecule is CCN1CCN(c2ccc(C(=O)NC(C)C)cc2F)CC1. The number of carbonyl (C=O) groups excluding carboxylic acids is 1. The maximum Gasteiger partial charge on any atom is 0.251 e. The molecule has 1 heterocycles. The van der Waals surface area contributed by atoms with Crippen molar-refractivity contribution in [2.24, 2.45) is 0 Å². The molecule has 0 unspecified atom stereocenters. The molecule has 5 heteroatoms. The van der Waals surface area contributed by atoms with Crippen LogP contribution in [0.25, 0.3) is 0 Å². The summed E-state index contributed by atoms with van der Waals surface area (Å²) in [5.74, 6) is -0.553. The van der Waals surface area contributed by atoms with E-state index in [-0.39, 0.29) is 17.8 Å². The number of likely N-dealkylation sites (N-methyl/N-ethyl adjacent to an activating group) is 1. The third kappa shape index (κ3) is 3.94. The molecule has 1 aromatic carbocycles. The number of hydrogen-bond acceptors (Lipinski definition) is 3. The van der Waals surface area contributed by atoms with Gasteiger partial charge < -0.3 is 15.1 Å². The summed E-state index contributed by atoms with van der Waals surface area (Å²) in [4.78, 5) is 16.3. The van der Waals surface area contributed by atoms with E-state index in [9.17, 15) is 9.18 Å². The summed E-state index contributed by atoms with van der Waals surface area (Å²) < 4.78 is 14.3. The van der Waals surface area contributed by atoms with Gasteiger partial charge >= 0.3 is 0 Å². The molecule has 0 aromatic heterocycles. The Balaban J connectivity index is 2.07. The monoisotopic (exact) mass is 293 g/mol. The third-order valence-electron chi connectivity index (χ3n) is 3.79. The van der Waals surface area contributed by atoms with E-state index >= 15 is 0 Å². The van der Waals surface area contributed by atoms with E-state index in [1.54, 1.807) is 12.1 Å². The van der Waals surface area contributed by atoms with Gasteiger partial charge in [0.05, 0.1) is 5.69 Å². The van der Waals surface area contributed by atoms with E-state index in [0.29, 0.717) is 11.3 Å². The molecule has 1 saturated heterocycles. The highest BCUT2D eigenvalue weighted by Gasteiger charge is 2.19. The van der Waals surface area contributed by atoms with Crippen LogP contribution in [-0.2, 0) is 0 Å². The first-order chi connectivity index (χ1) is 10.0. The average molecular weight is 293 g/mol.